The molecule has 0 fully saturated rings. The molecule has 1 rings (SSSR count). The minimum Gasteiger partial charge on any atom is -0.399 e. The molecule has 0 saturated carbocycles. The largest absolute Gasteiger partial charge is 0.399 e. The van der Waals surface area contributed by atoms with Crippen LogP contribution in [0.25, 0.3) is 0 Å². The van der Waals surface area contributed by atoms with E-state index >= 15 is 0 Å². The Bertz CT molecular complexity index is 549. The molecule has 0 bridgehead atoms. The van der Waals surface area contributed by atoms with Gasteiger partial charge in [0.05, 0.1) is 5.02 Å². The molecule has 1 aromatic carbocycles. The van der Waals surface area contributed by atoms with E-state index in [1.807, 2.05) is 6.26 Å². The van der Waals surface area contributed by atoms with Crippen LogP contribution >= 0.6 is 23.4 Å². The summed E-state index contributed by atoms with van der Waals surface area (Å²) in [5.41, 5.74) is 6.00. The Balaban J connectivity index is 2.98. The van der Waals surface area contributed by atoms with Gasteiger partial charge in [-0.25, -0.2) is 13.1 Å². The van der Waals surface area contributed by atoms with Gasteiger partial charge in [0.2, 0.25) is 10.0 Å². The summed E-state index contributed by atoms with van der Waals surface area (Å²) in [4.78, 5) is 0.0291. The number of hydrogen-bond acceptors (Lipinski definition) is 4. The number of sulfonamides is 1. The molecule has 0 aliphatic rings. The summed E-state index contributed by atoms with van der Waals surface area (Å²) in [7, 11) is -3.65. The summed E-state index contributed by atoms with van der Waals surface area (Å²) in [6, 6.07) is 4.45. The molecule has 3 N–H and O–H groups in total. The van der Waals surface area contributed by atoms with Gasteiger partial charge in [-0.05, 0) is 37.3 Å². The lowest BCUT2D eigenvalue weighted by atomic mass is 10.0. The summed E-state index contributed by atoms with van der Waals surface area (Å²) in [6.07, 6.45) is 3.77. The number of halogens is 1. The highest BCUT2D eigenvalue weighted by Gasteiger charge is 2.28. The molecule has 0 heterocycles. The fourth-order valence-corrected chi connectivity index (χ4v) is 4.44. The van der Waals surface area contributed by atoms with Crippen LogP contribution in [0.15, 0.2) is 23.1 Å². The van der Waals surface area contributed by atoms with Gasteiger partial charge in [0.15, 0.2) is 0 Å². The molecule has 4 nitrogen and oxygen atoms in total. The number of benzene rings is 1. The maximum Gasteiger partial charge on any atom is 0.242 e. The van der Waals surface area contributed by atoms with Gasteiger partial charge in [-0.2, -0.15) is 11.8 Å². The van der Waals surface area contributed by atoms with Crippen LogP contribution in [0.1, 0.15) is 26.7 Å². The minimum absolute atomic E-state index is 0.0291. The van der Waals surface area contributed by atoms with Crippen LogP contribution in [0.3, 0.4) is 0 Å². The molecule has 7 heteroatoms. The van der Waals surface area contributed by atoms with Crippen molar-refractivity contribution in [3.63, 3.8) is 0 Å². The van der Waals surface area contributed by atoms with E-state index in [9.17, 15) is 8.42 Å². The molecular formula is C13H21ClN2O2S2. The zero-order chi connectivity index (χ0) is 15.4. The Labute approximate surface area is 130 Å². The van der Waals surface area contributed by atoms with E-state index in [1.54, 1.807) is 17.8 Å². The van der Waals surface area contributed by atoms with E-state index in [-0.39, 0.29) is 14.7 Å². The fourth-order valence-electron chi connectivity index (χ4n) is 1.89. The maximum absolute atomic E-state index is 12.3. The smallest absolute Gasteiger partial charge is 0.242 e. The molecule has 0 spiro atoms. The van der Waals surface area contributed by atoms with Gasteiger partial charge in [-0.1, -0.05) is 25.4 Å². The van der Waals surface area contributed by atoms with Crippen molar-refractivity contribution >= 4 is 39.1 Å². The van der Waals surface area contributed by atoms with Crippen molar-refractivity contribution in [1.82, 2.24) is 4.72 Å². The fraction of sp³-hybridized carbons (Fsp3) is 0.538. The summed E-state index contributed by atoms with van der Waals surface area (Å²) in [5, 5.41) is 0.175. The van der Waals surface area contributed by atoms with Crippen LogP contribution in [0.5, 0.6) is 0 Å². The first-order valence-electron chi connectivity index (χ1n) is 6.40. The normalized spacial score (nSPS) is 12.6. The highest BCUT2D eigenvalue weighted by molar-refractivity contribution is 8.00. The van der Waals surface area contributed by atoms with E-state index < -0.39 is 10.0 Å². The van der Waals surface area contributed by atoms with Gasteiger partial charge in [0.25, 0.3) is 0 Å². The molecule has 20 heavy (non-hydrogen) atoms. The highest BCUT2D eigenvalue weighted by atomic mass is 35.5. The van der Waals surface area contributed by atoms with Crippen LogP contribution in [0.2, 0.25) is 5.02 Å². The van der Waals surface area contributed by atoms with E-state index in [1.165, 1.54) is 12.1 Å². The predicted molar refractivity (Wildman–Crippen MR) is 87.9 cm³/mol. The number of rotatable bonds is 7. The van der Waals surface area contributed by atoms with Crippen LogP contribution in [0.4, 0.5) is 5.69 Å². The topological polar surface area (TPSA) is 72.2 Å². The third-order valence-corrected chi connectivity index (χ3v) is 7.02. The van der Waals surface area contributed by atoms with Crippen molar-refractivity contribution in [3.05, 3.63) is 23.2 Å². The first-order chi connectivity index (χ1) is 9.30. The number of hydrogen-bond donors (Lipinski definition) is 2. The lowest BCUT2D eigenvalue weighted by Crippen LogP contribution is -2.39. The Hall–Kier alpha value is -0.430. The average molecular weight is 337 g/mol. The van der Waals surface area contributed by atoms with E-state index in [0.29, 0.717) is 12.2 Å². The average Bonchev–Trinajstić information content (AvgIpc) is 2.43. The standard InChI is InChI=1S/C13H21ClN2O2S2/c1-4-13(5-2,19-3)9-16-20(17,18)12-8-10(15)6-7-11(12)14/h6-8,16H,4-5,9,15H2,1-3H3. The third kappa shape index (κ3) is 4.04. The van der Waals surface area contributed by atoms with Crippen molar-refractivity contribution in [1.29, 1.82) is 0 Å². The first kappa shape index (κ1) is 17.6. The highest BCUT2D eigenvalue weighted by Crippen LogP contribution is 2.30. The van der Waals surface area contributed by atoms with Gasteiger partial charge < -0.3 is 5.73 Å². The first-order valence-corrected chi connectivity index (χ1v) is 9.48. The molecule has 114 valence electrons. The molecule has 0 saturated heterocycles. The number of thioether (sulfide) groups is 1. The van der Waals surface area contributed by atoms with Crippen LogP contribution in [-0.2, 0) is 10.0 Å². The van der Waals surface area contributed by atoms with Crippen molar-refractivity contribution in [2.45, 2.75) is 36.3 Å². The van der Waals surface area contributed by atoms with Crippen molar-refractivity contribution in [3.8, 4) is 0 Å². The number of nitrogens with two attached hydrogens (primary N) is 1. The summed E-state index contributed by atoms with van der Waals surface area (Å²) >= 11 is 7.63. The van der Waals surface area contributed by atoms with Crippen LogP contribution in [0, 0.1) is 0 Å². The Kier molecular flexibility index (Phi) is 6.19. The Morgan fingerprint density at radius 1 is 1.35 bits per heavy atom. The third-order valence-electron chi connectivity index (χ3n) is 3.55. The van der Waals surface area contributed by atoms with Gasteiger partial charge >= 0.3 is 0 Å². The Morgan fingerprint density at radius 2 is 1.95 bits per heavy atom. The van der Waals surface area contributed by atoms with Crippen LogP contribution < -0.4 is 10.5 Å². The quantitative estimate of drug-likeness (QED) is 0.750. The molecule has 0 radical (unpaired) electrons. The van der Waals surface area contributed by atoms with E-state index in [2.05, 4.69) is 18.6 Å². The van der Waals surface area contributed by atoms with Gasteiger partial charge in [-0.15, -0.1) is 0 Å². The van der Waals surface area contributed by atoms with Crippen molar-refractivity contribution in [2.75, 3.05) is 18.5 Å². The number of anilines is 1. The zero-order valence-electron chi connectivity index (χ0n) is 11.9. The van der Waals surface area contributed by atoms with E-state index in [4.69, 9.17) is 17.3 Å². The molecule has 1 aromatic rings. The predicted octanol–water partition coefficient (Wildman–Crippen LogP) is 3.12. The number of nitrogens with one attached hydrogen (secondary N) is 1. The number of nitrogen functional groups attached to an aromatic ring is 1. The SMILES string of the molecule is CCC(CC)(CNS(=O)(=O)c1cc(N)ccc1Cl)SC. The minimum atomic E-state index is -3.65. The zero-order valence-corrected chi connectivity index (χ0v) is 14.3. The molecular weight excluding hydrogens is 316 g/mol. The molecule has 0 aromatic heterocycles. The summed E-state index contributed by atoms with van der Waals surface area (Å²) in [5.74, 6) is 0. The molecule has 0 atom stereocenters. The van der Waals surface area contributed by atoms with Crippen molar-refractivity contribution < 1.29 is 8.42 Å². The van der Waals surface area contributed by atoms with Crippen molar-refractivity contribution in [2.24, 2.45) is 0 Å². The molecule has 0 aliphatic heterocycles. The second kappa shape index (κ2) is 7.02. The molecule has 0 unspecified atom stereocenters. The second-order valence-electron chi connectivity index (χ2n) is 4.61. The van der Waals surface area contributed by atoms with Gasteiger partial charge in [0.1, 0.15) is 4.90 Å². The second-order valence-corrected chi connectivity index (χ2v) is 8.03. The maximum atomic E-state index is 12.3. The molecule has 0 amide bonds. The monoisotopic (exact) mass is 336 g/mol. The molecule has 0 aliphatic carbocycles. The lowest BCUT2D eigenvalue weighted by Gasteiger charge is -2.29. The lowest BCUT2D eigenvalue weighted by molar-refractivity contribution is 0.522. The van der Waals surface area contributed by atoms with Gasteiger partial charge in [0, 0.05) is 17.0 Å². The summed E-state index contributed by atoms with van der Waals surface area (Å²) in [6.45, 7) is 4.48. The Morgan fingerprint density at radius 3 is 2.45 bits per heavy atom. The van der Waals surface area contributed by atoms with Crippen LogP contribution in [-0.4, -0.2) is 26.0 Å². The summed E-state index contributed by atoms with van der Waals surface area (Å²) < 4.78 is 27.2. The van der Waals surface area contributed by atoms with E-state index in [0.717, 1.165) is 12.8 Å². The van der Waals surface area contributed by atoms with Gasteiger partial charge in [-0.3, -0.25) is 0 Å².